The Bertz CT molecular complexity index is 1620. The Morgan fingerprint density at radius 3 is 2.16 bits per heavy atom. The molecule has 8 heteroatoms. The van der Waals surface area contributed by atoms with Gasteiger partial charge < -0.3 is 15.4 Å². The molecule has 0 aliphatic heterocycles. The van der Waals surface area contributed by atoms with Gasteiger partial charge in [-0.15, -0.1) is 11.3 Å². The number of ether oxygens (including phenoxy) is 1. The Hall–Kier alpha value is -3.94. The van der Waals surface area contributed by atoms with E-state index >= 15 is 0 Å². The topological polar surface area (TPSA) is 84.5 Å². The molecule has 0 radical (unpaired) electrons. The number of alkyl carbamates (subject to hydrolysis) is 1. The van der Waals surface area contributed by atoms with Crippen LogP contribution in [0.1, 0.15) is 82.4 Å². The summed E-state index contributed by atoms with van der Waals surface area (Å²) in [6.45, 7) is 6.08. The Morgan fingerprint density at radius 2 is 1.52 bits per heavy atom. The maximum Gasteiger partial charge on any atom is 0.407 e. The van der Waals surface area contributed by atoms with Gasteiger partial charge in [0.2, 0.25) is 5.91 Å². The highest BCUT2D eigenvalue weighted by Crippen LogP contribution is 2.44. The standard InChI is InChI=1S/C36H37ClN2O4S/c1-4-5-6-7-16-31(34(41)39-35-32(22(2)23(3)44-35)33(40)24-17-19-25(37)20-18-24)38-36(42)43-21-30-28-14-10-8-12-26(28)27-13-9-11-15-29(27)30/h8-15,17-20,30-31H,4-7,16,21H2,1-3H3,(H,38,42)(H,39,41). The van der Waals surface area contributed by atoms with Gasteiger partial charge in [-0.25, -0.2) is 4.79 Å². The van der Waals surface area contributed by atoms with Crippen LogP contribution in [0.5, 0.6) is 0 Å². The quantitative estimate of drug-likeness (QED) is 0.121. The predicted molar refractivity (Wildman–Crippen MR) is 178 cm³/mol. The lowest BCUT2D eigenvalue weighted by Gasteiger charge is -2.20. The van der Waals surface area contributed by atoms with Crippen LogP contribution in [0.3, 0.4) is 0 Å². The fourth-order valence-electron chi connectivity index (χ4n) is 5.76. The highest BCUT2D eigenvalue weighted by molar-refractivity contribution is 7.16. The largest absolute Gasteiger partial charge is 0.449 e. The molecule has 0 saturated heterocycles. The molecule has 0 bridgehead atoms. The van der Waals surface area contributed by atoms with Crippen molar-refractivity contribution in [2.75, 3.05) is 11.9 Å². The first-order valence-corrected chi connectivity index (χ1v) is 16.3. The molecule has 1 aliphatic carbocycles. The van der Waals surface area contributed by atoms with Gasteiger partial charge in [0, 0.05) is 21.4 Å². The van der Waals surface area contributed by atoms with E-state index in [9.17, 15) is 14.4 Å². The smallest absolute Gasteiger partial charge is 0.407 e. The fraction of sp³-hybridized carbons (Fsp3) is 0.306. The molecular formula is C36H37ClN2O4S. The Labute approximate surface area is 267 Å². The van der Waals surface area contributed by atoms with Crippen LogP contribution in [0.15, 0.2) is 72.8 Å². The molecule has 228 valence electrons. The molecule has 1 aromatic heterocycles. The number of fused-ring (bicyclic) bond motifs is 3. The molecule has 1 atom stereocenters. The molecular weight excluding hydrogens is 592 g/mol. The van der Waals surface area contributed by atoms with Crippen molar-refractivity contribution in [3.05, 3.63) is 111 Å². The number of halogens is 1. The van der Waals surface area contributed by atoms with Gasteiger partial charge in [0.15, 0.2) is 5.78 Å². The molecule has 5 rings (SSSR count). The first-order valence-electron chi connectivity index (χ1n) is 15.1. The number of amides is 2. The number of carbonyl (C=O) groups excluding carboxylic acids is 3. The number of thiophene rings is 1. The van der Waals surface area contributed by atoms with Crippen molar-refractivity contribution < 1.29 is 19.1 Å². The van der Waals surface area contributed by atoms with Crippen LogP contribution >= 0.6 is 22.9 Å². The lowest BCUT2D eigenvalue weighted by atomic mass is 9.98. The van der Waals surface area contributed by atoms with Crippen LogP contribution in [0.2, 0.25) is 5.02 Å². The molecule has 3 aromatic carbocycles. The summed E-state index contributed by atoms with van der Waals surface area (Å²) in [4.78, 5) is 41.2. The number of unbranched alkanes of at least 4 members (excludes halogenated alkanes) is 3. The van der Waals surface area contributed by atoms with Gasteiger partial charge >= 0.3 is 6.09 Å². The lowest BCUT2D eigenvalue weighted by Crippen LogP contribution is -2.44. The summed E-state index contributed by atoms with van der Waals surface area (Å²) in [5.74, 6) is -0.646. The lowest BCUT2D eigenvalue weighted by molar-refractivity contribution is -0.118. The Kier molecular flexibility index (Phi) is 10.2. The second-order valence-corrected chi connectivity index (χ2v) is 12.8. The number of aryl methyl sites for hydroxylation is 1. The first kappa shape index (κ1) is 31.5. The molecule has 0 spiro atoms. The second-order valence-electron chi connectivity index (χ2n) is 11.2. The van der Waals surface area contributed by atoms with E-state index in [-0.39, 0.29) is 24.2 Å². The van der Waals surface area contributed by atoms with Crippen LogP contribution in [0, 0.1) is 13.8 Å². The van der Waals surface area contributed by atoms with E-state index in [4.69, 9.17) is 16.3 Å². The minimum Gasteiger partial charge on any atom is -0.449 e. The third kappa shape index (κ3) is 6.90. The Balaban J connectivity index is 1.30. The number of ketones is 1. The number of hydrogen-bond acceptors (Lipinski definition) is 5. The molecule has 6 nitrogen and oxygen atoms in total. The molecule has 1 unspecified atom stereocenters. The summed E-state index contributed by atoms with van der Waals surface area (Å²) in [7, 11) is 0. The van der Waals surface area contributed by atoms with Gasteiger partial charge in [-0.3, -0.25) is 9.59 Å². The fourth-order valence-corrected chi connectivity index (χ4v) is 6.95. The summed E-state index contributed by atoms with van der Waals surface area (Å²) >= 11 is 7.38. The monoisotopic (exact) mass is 628 g/mol. The van der Waals surface area contributed by atoms with Gasteiger partial charge in [0.05, 0.1) is 5.56 Å². The number of carbonyl (C=O) groups is 3. The zero-order valence-corrected chi connectivity index (χ0v) is 26.8. The first-order chi connectivity index (χ1) is 21.3. The zero-order chi connectivity index (χ0) is 31.2. The van der Waals surface area contributed by atoms with Crippen LogP contribution in [0.4, 0.5) is 9.80 Å². The van der Waals surface area contributed by atoms with Crippen molar-refractivity contribution in [3.8, 4) is 11.1 Å². The van der Waals surface area contributed by atoms with Gasteiger partial charge in [0.25, 0.3) is 0 Å². The third-order valence-corrected chi connectivity index (χ3v) is 9.63. The van der Waals surface area contributed by atoms with Crippen molar-refractivity contribution in [2.45, 2.75) is 64.8 Å². The van der Waals surface area contributed by atoms with Crippen LogP contribution in [-0.2, 0) is 9.53 Å². The number of benzene rings is 3. The average Bonchev–Trinajstić information content (AvgIpc) is 3.49. The molecule has 2 N–H and O–H groups in total. The summed E-state index contributed by atoms with van der Waals surface area (Å²) in [6.07, 6.45) is 3.64. The molecule has 1 aliphatic rings. The highest BCUT2D eigenvalue weighted by atomic mass is 35.5. The average molecular weight is 629 g/mol. The second kappa shape index (κ2) is 14.2. The van der Waals surface area contributed by atoms with E-state index in [1.807, 2.05) is 38.1 Å². The van der Waals surface area contributed by atoms with E-state index in [1.54, 1.807) is 24.3 Å². The number of anilines is 1. The van der Waals surface area contributed by atoms with Gasteiger partial charge in [0.1, 0.15) is 17.6 Å². The number of rotatable bonds is 12. The number of hydrogen-bond donors (Lipinski definition) is 2. The van der Waals surface area contributed by atoms with Gasteiger partial charge in [-0.05, 0) is 72.4 Å². The number of nitrogens with one attached hydrogen (secondary N) is 2. The van der Waals surface area contributed by atoms with Crippen molar-refractivity contribution in [1.82, 2.24) is 5.32 Å². The summed E-state index contributed by atoms with van der Waals surface area (Å²) < 4.78 is 5.76. The summed E-state index contributed by atoms with van der Waals surface area (Å²) in [6, 6.07) is 22.2. The van der Waals surface area contributed by atoms with Crippen molar-refractivity contribution in [3.63, 3.8) is 0 Å². The Morgan fingerprint density at radius 1 is 0.886 bits per heavy atom. The maximum atomic E-state index is 13.7. The SMILES string of the molecule is CCCCCCC(NC(=O)OCC1c2ccccc2-c2ccccc21)C(=O)Nc1sc(C)c(C)c1C(=O)c1ccc(Cl)cc1. The van der Waals surface area contributed by atoms with Crippen LogP contribution < -0.4 is 10.6 Å². The van der Waals surface area contributed by atoms with E-state index in [0.29, 0.717) is 27.6 Å². The minimum absolute atomic E-state index is 0.0801. The summed E-state index contributed by atoms with van der Waals surface area (Å²) in [5.41, 5.74) is 6.29. The molecule has 0 saturated carbocycles. The molecule has 44 heavy (non-hydrogen) atoms. The van der Waals surface area contributed by atoms with Crippen molar-refractivity contribution in [2.24, 2.45) is 0 Å². The van der Waals surface area contributed by atoms with Crippen LogP contribution in [0.25, 0.3) is 11.1 Å². The minimum atomic E-state index is -0.816. The van der Waals surface area contributed by atoms with Crippen molar-refractivity contribution in [1.29, 1.82) is 0 Å². The van der Waals surface area contributed by atoms with Gasteiger partial charge in [-0.1, -0.05) is 92.7 Å². The van der Waals surface area contributed by atoms with E-state index in [2.05, 4.69) is 41.8 Å². The molecule has 1 heterocycles. The predicted octanol–water partition coefficient (Wildman–Crippen LogP) is 9.07. The van der Waals surface area contributed by atoms with E-state index in [0.717, 1.165) is 58.4 Å². The highest BCUT2D eigenvalue weighted by Gasteiger charge is 2.30. The molecule has 0 fully saturated rings. The third-order valence-electron chi connectivity index (χ3n) is 8.25. The zero-order valence-electron chi connectivity index (χ0n) is 25.2. The van der Waals surface area contributed by atoms with Crippen LogP contribution in [-0.4, -0.2) is 30.4 Å². The molecule has 4 aromatic rings. The maximum absolute atomic E-state index is 13.7. The van der Waals surface area contributed by atoms with E-state index < -0.39 is 12.1 Å². The molecule has 2 amide bonds. The van der Waals surface area contributed by atoms with Crippen molar-refractivity contribution >= 4 is 45.7 Å². The normalized spacial score (nSPS) is 12.7. The van der Waals surface area contributed by atoms with E-state index in [1.165, 1.54) is 11.3 Å². The summed E-state index contributed by atoms with van der Waals surface area (Å²) in [5, 5.41) is 6.80. The van der Waals surface area contributed by atoms with Gasteiger partial charge in [-0.2, -0.15) is 0 Å².